The number of benzene rings is 2. The third-order valence-electron chi connectivity index (χ3n) is 4.08. The molecule has 0 unspecified atom stereocenters. The number of nitrogens with one attached hydrogen (secondary N) is 1. The van der Waals surface area contributed by atoms with E-state index in [-0.39, 0.29) is 5.69 Å². The zero-order valence-electron chi connectivity index (χ0n) is 17.5. The minimum Gasteiger partial charge on any atom is -0.493 e. The summed E-state index contributed by atoms with van der Waals surface area (Å²) in [5.74, 6) is 0.428. The Morgan fingerprint density at radius 2 is 2.00 bits per heavy atom. The highest BCUT2D eigenvalue weighted by molar-refractivity contribution is 7.92. The molecule has 31 heavy (non-hydrogen) atoms. The van der Waals surface area contributed by atoms with Crippen molar-refractivity contribution in [1.82, 2.24) is 5.43 Å². The SMILES string of the molecule is C=CCOc1ccc(/C=N\NC(=O)CN(c2ccc(C)c(Cl)c2)S(C)(=O)=O)cc1OC. The van der Waals surface area contributed by atoms with Gasteiger partial charge in [0, 0.05) is 5.02 Å². The summed E-state index contributed by atoms with van der Waals surface area (Å²) < 4.78 is 36.0. The molecule has 2 aromatic rings. The number of aryl methyl sites for hydroxylation is 1. The molecule has 0 spiro atoms. The molecule has 1 N–H and O–H groups in total. The number of halogens is 1. The molecule has 0 radical (unpaired) electrons. The van der Waals surface area contributed by atoms with Crippen LogP contribution >= 0.6 is 11.6 Å². The number of rotatable bonds is 10. The first-order chi connectivity index (χ1) is 14.7. The van der Waals surface area contributed by atoms with Crippen molar-refractivity contribution in [2.45, 2.75) is 6.92 Å². The van der Waals surface area contributed by atoms with Crippen LogP contribution in [-0.2, 0) is 14.8 Å². The highest BCUT2D eigenvalue weighted by Gasteiger charge is 2.21. The van der Waals surface area contributed by atoms with E-state index < -0.39 is 22.5 Å². The third kappa shape index (κ3) is 7.01. The quantitative estimate of drug-likeness (QED) is 0.330. The molecule has 0 aromatic heterocycles. The standard InChI is InChI=1S/C21H24ClN3O5S/c1-5-10-30-19-9-7-16(11-20(19)29-3)13-23-24-21(26)14-25(31(4,27)28)17-8-6-15(2)18(22)12-17/h5-9,11-13H,1,10,14H2,2-4H3,(H,24,26)/b23-13-. The average molecular weight is 466 g/mol. The summed E-state index contributed by atoms with van der Waals surface area (Å²) in [5, 5.41) is 4.29. The number of hydrogen-bond acceptors (Lipinski definition) is 6. The second kappa shape index (κ2) is 10.8. The number of amides is 1. The number of hydrazone groups is 1. The van der Waals surface area contributed by atoms with E-state index in [4.69, 9.17) is 21.1 Å². The minimum atomic E-state index is -3.72. The van der Waals surface area contributed by atoms with Gasteiger partial charge in [-0.1, -0.05) is 30.3 Å². The number of ether oxygens (including phenoxy) is 2. The topological polar surface area (TPSA) is 97.3 Å². The number of anilines is 1. The Hall–Kier alpha value is -3.04. The second-order valence-corrected chi connectivity index (χ2v) is 8.82. The number of carbonyl (C=O) groups excluding carboxylic acids is 1. The van der Waals surface area contributed by atoms with Crippen molar-refractivity contribution >= 4 is 39.4 Å². The molecule has 8 nitrogen and oxygen atoms in total. The molecule has 1 amide bonds. The van der Waals surface area contributed by atoms with Crippen LogP contribution in [-0.4, -0.2) is 47.1 Å². The monoisotopic (exact) mass is 465 g/mol. The van der Waals surface area contributed by atoms with Gasteiger partial charge in [0.15, 0.2) is 11.5 Å². The molecule has 0 aliphatic carbocycles. The molecule has 2 rings (SSSR count). The van der Waals surface area contributed by atoms with Gasteiger partial charge in [-0.25, -0.2) is 13.8 Å². The number of methoxy groups -OCH3 is 1. The van der Waals surface area contributed by atoms with E-state index in [2.05, 4.69) is 17.1 Å². The molecule has 0 aliphatic rings. The molecule has 0 atom stereocenters. The third-order valence-corrected chi connectivity index (χ3v) is 5.63. The van der Waals surface area contributed by atoms with Crippen LogP contribution in [0.2, 0.25) is 5.02 Å². The maximum atomic E-state index is 12.3. The van der Waals surface area contributed by atoms with E-state index in [0.29, 0.717) is 28.7 Å². The molecule has 0 bridgehead atoms. The maximum absolute atomic E-state index is 12.3. The first-order valence-electron chi connectivity index (χ1n) is 9.13. The van der Waals surface area contributed by atoms with E-state index >= 15 is 0 Å². The summed E-state index contributed by atoms with van der Waals surface area (Å²) in [6.07, 6.45) is 4.04. The molecule has 2 aromatic carbocycles. The van der Waals surface area contributed by atoms with Crippen molar-refractivity contribution < 1.29 is 22.7 Å². The molecule has 0 saturated heterocycles. The van der Waals surface area contributed by atoms with Crippen LogP contribution in [0.4, 0.5) is 5.69 Å². The van der Waals surface area contributed by atoms with Gasteiger partial charge in [0.25, 0.3) is 5.91 Å². The fraction of sp³-hybridized carbons (Fsp3) is 0.238. The van der Waals surface area contributed by atoms with Crippen LogP contribution in [0.1, 0.15) is 11.1 Å². The van der Waals surface area contributed by atoms with Gasteiger partial charge in [-0.2, -0.15) is 5.10 Å². The Bertz CT molecular complexity index is 1090. The van der Waals surface area contributed by atoms with Gasteiger partial charge in [-0.15, -0.1) is 0 Å². The Labute approximate surface area is 187 Å². The van der Waals surface area contributed by atoms with E-state index in [0.717, 1.165) is 16.1 Å². The Morgan fingerprint density at radius 3 is 2.61 bits per heavy atom. The molecular weight excluding hydrogens is 442 g/mol. The lowest BCUT2D eigenvalue weighted by atomic mass is 10.2. The van der Waals surface area contributed by atoms with E-state index in [9.17, 15) is 13.2 Å². The summed E-state index contributed by atoms with van der Waals surface area (Å²) in [6.45, 7) is 5.28. The molecule has 0 fully saturated rings. The average Bonchev–Trinajstić information content (AvgIpc) is 2.72. The fourth-order valence-electron chi connectivity index (χ4n) is 2.51. The van der Waals surface area contributed by atoms with Crippen molar-refractivity contribution in [1.29, 1.82) is 0 Å². The van der Waals surface area contributed by atoms with Gasteiger partial charge in [-0.05, 0) is 48.4 Å². The molecule has 0 heterocycles. The van der Waals surface area contributed by atoms with Crippen molar-refractivity contribution in [3.05, 3.63) is 65.2 Å². The number of nitrogens with zero attached hydrogens (tertiary/aromatic N) is 2. The summed E-state index contributed by atoms with van der Waals surface area (Å²) in [7, 11) is -2.21. The van der Waals surface area contributed by atoms with Crippen LogP contribution in [0.5, 0.6) is 11.5 Å². The number of sulfonamides is 1. The second-order valence-electron chi connectivity index (χ2n) is 6.51. The van der Waals surface area contributed by atoms with E-state index in [1.54, 1.807) is 43.3 Å². The predicted octanol–water partition coefficient (Wildman–Crippen LogP) is 3.14. The van der Waals surface area contributed by atoms with E-state index in [1.165, 1.54) is 19.4 Å². The fourth-order valence-corrected chi connectivity index (χ4v) is 3.54. The van der Waals surface area contributed by atoms with Gasteiger partial charge in [0.2, 0.25) is 10.0 Å². The lowest BCUT2D eigenvalue weighted by Crippen LogP contribution is -2.39. The zero-order chi connectivity index (χ0) is 23.0. The summed E-state index contributed by atoms with van der Waals surface area (Å²) in [5.41, 5.74) is 4.05. The number of hydrogen-bond donors (Lipinski definition) is 1. The molecular formula is C21H24ClN3O5S. The molecule has 166 valence electrons. The van der Waals surface area contributed by atoms with Gasteiger partial charge < -0.3 is 9.47 Å². The van der Waals surface area contributed by atoms with Crippen LogP contribution in [0, 0.1) is 6.92 Å². The minimum absolute atomic E-state index is 0.289. The Kier molecular flexibility index (Phi) is 8.47. The molecule has 10 heteroatoms. The lowest BCUT2D eigenvalue weighted by molar-refractivity contribution is -0.119. The van der Waals surface area contributed by atoms with Crippen LogP contribution in [0.15, 0.2) is 54.2 Å². The molecule has 0 aliphatic heterocycles. The highest BCUT2D eigenvalue weighted by atomic mass is 35.5. The smallest absolute Gasteiger partial charge is 0.260 e. The van der Waals surface area contributed by atoms with Crippen molar-refractivity contribution in [2.24, 2.45) is 5.10 Å². The normalized spacial score (nSPS) is 11.2. The Morgan fingerprint density at radius 1 is 1.26 bits per heavy atom. The highest BCUT2D eigenvalue weighted by Crippen LogP contribution is 2.27. The summed E-state index contributed by atoms with van der Waals surface area (Å²) in [6, 6.07) is 9.89. The van der Waals surface area contributed by atoms with Crippen molar-refractivity contribution in [3.8, 4) is 11.5 Å². The largest absolute Gasteiger partial charge is 0.493 e. The first kappa shape index (κ1) is 24.2. The van der Waals surface area contributed by atoms with E-state index in [1.807, 2.05) is 0 Å². The van der Waals surface area contributed by atoms with Crippen LogP contribution in [0.3, 0.4) is 0 Å². The van der Waals surface area contributed by atoms with Crippen molar-refractivity contribution in [2.75, 3.05) is 30.8 Å². The lowest BCUT2D eigenvalue weighted by Gasteiger charge is -2.21. The van der Waals surface area contributed by atoms with Gasteiger partial charge in [0.1, 0.15) is 13.2 Å². The Balaban J connectivity index is 2.09. The summed E-state index contributed by atoms with van der Waals surface area (Å²) in [4.78, 5) is 12.3. The van der Waals surface area contributed by atoms with Gasteiger partial charge in [0.05, 0.1) is 25.3 Å². The first-order valence-corrected chi connectivity index (χ1v) is 11.4. The summed E-state index contributed by atoms with van der Waals surface area (Å²) >= 11 is 6.09. The van der Waals surface area contributed by atoms with Crippen LogP contribution in [0.25, 0.3) is 0 Å². The maximum Gasteiger partial charge on any atom is 0.260 e. The number of carbonyl (C=O) groups is 1. The predicted molar refractivity (Wildman–Crippen MR) is 123 cm³/mol. The van der Waals surface area contributed by atoms with Gasteiger partial charge >= 0.3 is 0 Å². The van der Waals surface area contributed by atoms with Crippen molar-refractivity contribution in [3.63, 3.8) is 0 Å². The zero-order valence-corrected chi connectivity index (χ0v) is 19.0. The van der Waals surface area contributed by atoms with Crippen LogP contribution < -0.4 is 19.2 Å². The van der Waals surface area contributed by atoms with Gasteiger partial charge in [-0.3, -0.25) is 9.10 Å². The molecule has 0 saturated carbocycles.